The summed E-state index contributed by atoms with van der Waals surface area (Å²) < 4.78 is 30.8. The first kappa shape index (κ1) is 24.4. The summed E-state index contributed by atoms with van der Waals surface area (Å²) >= 11 is 6.06. The quantitative estimate of drug-likeness (QED) is 0.488. The number of aromatic amines is 1. The van der Waals surface area contributed by atoms with Gasteiger partial charge < -0.3 is 15.0 Å². The van der Waals surface area contributed by atoms with Crippen molar-refractivity contribution in [3.8, 4) is 0 Å². The molecule has 3 aromatic rings. The molecule has 2 N–H and O–H groups in total. The molecule has 34 heavy (non-hydrogen) atoms. The second kappa shape index (κ2) is 10.3. The number of nitrogens with one attached hydrogen (secondary N) is 2. The molecule has 3 atom stereocenters. The fourth-order valence-corrected chi connectivity index (χ4v) is 6.60. The molecule has 1 amide bonds. The highest BCUT2D eigenvalue weighted by atomic mass is 35.5. The predicted molar refractivity (Wildman–Crippen MR) is 132 cm³/mol. The van der Waals surface area contributed by atoms with Gasteiger partial charge in [0, 0.05) is 23.0 Å². The molecule has 0 spiro atoms. The van der Waals surface area contributed by atoms with Crippen LogP contribution in [-0.4, -0.2) is 55.4 Å². The molecular formula is C25H27ClN2O5S. The Labute approximate surface area is 203 Å². The van der Waals surface area contributed by atoms with E-state index in [1.807, 2.05) is 30.3 Å². The summed E-state index contributed by atoms with van der Waals surface area (Å²) in [7, 11) is -2.18. The Balaban J connectivity index is 1.63. The van der Waals surface area contributed by atoms with Gasteiger partial charge in [-0.1, -0.05) is 48.4 Å². The van der Waals surface area contributed by atoms with E-state index in [0.717, 1.165) is 16.5 Å². The van der Waals surface area contributed by atoms with Crippen LogP contribution in [0, 0.1) is 0 Å². The van der Waals surface area contributed by atoms with Crippen molar-refractivity contribution >= 4 is 44.0 Å². The van der Waals surface area contributed by atoms with Gasteiger partial charge >= 0.3 is 0 Å². The topological polar surface area (TPSA) is 105 Å². The third kappa shape index (κ3) is 5.35. The van der Waals surface area contributed by atoms with Crippen LogP contribution in [0.25, 0.3) is 10.9 Å². The van der Waals surface area contributed by atoms with Gasteiger partial charge in [0.1, 0.15) is 17.0 Å². The summed E-state index contributed by atoms with van der Waals surface area (Å²) in [4.78, 5) is 29.6. The molecule has 0 saturated carbocycles. The lowest BCUT2D eigenvalue weighted by atomic mass is 9.95. The average Bonchev–Trinajstić information content (AvgIpc) is 3.23. The van der Waals surface area contributed by atoms with E-state index in [1.165, 1.54) is 7.11 Å². The van der Waals surface area contributed by atoms with E-state index in [9.17, 15) is 18.0 Å². The highest BCUT2D eigenvalue weighted by Crippen LogP contribution is 2.24. The van der Waals surface area contributed by atoms with E-state index < -0.39 is 38.9 Å². The molecule has 7 nitrogen and oxygen atoms in total. The van der Waals surface area contributed by atoms with Crippen molar-refractivity contribution in [2.45, 2.75) is 43.1 Å². The van der Waals surface area contributed by atoms with Crippen LogP contribution in [0.3, 0.4) is 0 Å². The van der Waals surface area contributed by atoms with Crippen molar-refractivity contribution in [2.75, 3.05) is 12.9 Å². The number of hydrogen-bond acceptors (Lipinski definition) is 5. The summed E-state index contributed by atoms with van der Waals surface area (Å²) in [5, 5.41) is 3.13. The molecule has 180 valence electrons. The number of sulfone groups is 1. The van der Waals surface area contributed by atoms with Gasteiger partial charge in [0.2, 0.25) is 0 Å². The van der Waals surface area contributed by atoms with Gasteiger partial charge in [0.05, 0.1) is 11.8 Å². The second-order valence-electron chi connectivity index (χ2n) is 8.59. The minimum absolute atomic E-state index is 0.00677. The van der Waals surface area contributed by atoms with Gasteiger partial charge in [0.25, 0.3) is 5.91 Å². The Morgan fingerprint density at radius 2 is 1.91 bits per heavy atom. The summed E-state index contributed by atoms with van der Waals surface area (Å²) in [5.74, 6) is -0.936. The number of carbonyl (C=O) groups excluding carboxylic acids is 2. The number of benzene rings is 2. The first-order valence-electron chi connectivity index (χ1n) is 11.2. The van der Waals surface area contributed by atoms with Gasteiger partial charge in [-0.15, -0.1) is 0 Å². The Bertz CT molecular complexity index is 1290. The SMILES string of the molecule is COC(C(=O)C1CCCCS1(=O)=O)C(Cc1ccccc1)NC(=O)c1cc2cc(Cl)ccc2[nH]1. The van der Waals surface area contributed by atoms with Crippen molar-refractivity contribution in [2.24, 2.45) is 0 Å². The summed E-state index contributed by atoms with van der Waals surface area (Å²) in [5.41, 5.74) is 1.95. The lowest BCUT2D eigenvalue weighted by Gasteiger charge is -2.30. The third-order valence-electron chi connectivity index (χ3n) is 6.24. The van der Waals surface area contributed by atoms with Gasteiger partial charge in [0.15, 0.2) is 15.6 Å². The van der Waals surface area contributed by atoms with Crippen molar-refractivity contribution in [3.63, 3.8) is 0 Å². The molecule has 0 bridgehead atoms. The smallest absolute Gasteiger partial charge is 0.268 e. The van der Waals surface area contributed by atoms with Crippen LogP contribution < -0.4 is 5.32 Å². The molecule has 2 aromatic carbocycles. The summed E-state index contributed by atoms with van der Waals surface area (Å²) in [6.45, 7) is 0. The zero-order valence-electron chi connectivity index (χ0n) is 18.8. The van der Waals surface area contributed by atoms with E-state index in [4.69, 9.17) is 16.3 Å². The molecule has 4 rings (SSSR count). The first-order valence-corrected chi connectivity index (χ1v) is 13.3. The summed E-state index contributed by atoms with van der Waals surface area (Å²) in [6.07, 6.45) is 0.685. The number of rotatable bonds is 8. The van der Waals surface area contributed by atoms with Gasteiger partial charge in [-0.25, -0.2) is 8.42 Å². The Hall–Kier alpha value is -2.68. The van der Waals surface area contributed by atoms with Crippen LogP contribution in [-0.2, 0) is 25.8 Å². The van der Waals surface area contributed by atoms with Gasteiger partial charge in [-0.2, -0.15) is 0 Å². The van der Waals surface area contributed by atoms with Crippen LogP contribution in [0.5, 0.6) is 0 Å². The third-order valence-corrected chi connectivity index (χ3v) is 8.67. The van der Waals surface area contributed by atoms with Gasteiger partial charge in [-0.3, -0.25) is 9.59 Å². The molecule has 0 radical (unpaired) electrons. The lowest BCUT2D eigenvalue weighted by molar-refractivity contribution is -0.130. The van der Waals surface area contributed by atoms with Gasteiger partial charge in [-0.05, 0) is 49.1 Å². The molecule has 1 saturated heterocycles. The molecule has 1 aromatic heterocycles. The molecular weight excluding hydrogens is 476 g/mol. The fourth-order valence-electron chi connectivity index (χ4n) is 4.51. The van der Waals surface area contributed by atoms with Crippen LogP contribution >= 0.6 is 11.6 Å². The van der Waals surface area contributed by atoms with Crippen molar-refractivity contribution in [1.82, 2.24) is 10.3 Å². The van der Waals surface area contributed by atoms with Crippen LogP contribution in [0.2, 0.25) is 5.02 Å². The molecule has 1 fully saturated rings. The van der Waals surface area contributed by atoms with Crippen LogP contribution in [0.1, 0.15) is 35.3 Å². The van der Waals surface area contributed by atoms with E-state index in [0.29, 0.717) is 30.0 Å². The molecule has 9 heteroatoms. The monoisotopic (exact) mass is 502 g/mol. The number of ketones is 1. The summed E-state index contributed by atoms with van der Waals surface area (Å²) in [6, 6.07) is 15.6. The van der Waals surface area contributed by atoms with E-state index in [2.05, 4.69) is 10.3 Å². The number of methoxy groups -OCH3 is 1. The molecule has 1 aliphatic heterocycles. The number of hydrogen-bond donors (Lipinski definition) is 2. The number of carbonyl (C=O) groups is 2. The average molecular weight is 503 g/mol. The Kier molecular flexibility index (Phi) is 7.40. The maximum atomic E-state index is 13.4. The number of fused-ring (bicyclic) bond motifs is 1. The Morgan fingerprint density at radius 3 is 2.62 bits per heavy atom. The highest BCUT2D eigenvalue weighted by molar-refractivity contribution is 7.92. The molecule has 3 unspecified atom stereocenters. The van der Waals surface area contributed by atoms with E-state index in [-0.39, 0.29) is 12.2 Å². The van der Waals surface area contributed by atoms with Crippen molar-refractivity contribution in [1.29, 1.82) is 0 Å². The van der Waals surface area contributed by atoms with Crippen molar-refractivity contribution < 1.29 is 22.7 Å². The number of amides is 1. The standard InChI is InChI=1S/C25H27ClN2O5S/c1-33-24(23(29)22-9-5-6-12-34(22,31)32)20(13-16-7-3-2-4-8-16)28-25(30)21-15-17-14-18(26)10-11-19(17)27-21/h2-4,7-8,10-11,14-15,20,22,24,27H,5-6,9,12-13H2,1H3,(H,28,30). The second-order valence-corrected chi connectivity index (χ2v) is 11.3. The van der Waals surface area contributed by atoms with Crippen LogP contribution in [0.15, 0.2) is 54.6 Å². The zero-order chi connectivity index (χ0) is 24.3. The number of ether oxygens (including phenoxy) is 1. The lowest BCUT2D eigenvalue weighted by Crippen LogP contribution is -2.53. The number of aromatic nitrogens is 1. The van der Waals surface area contributed by atoms with E-state index in [1.54, 1.807) is 24.3 Å². The minimum Gasteiger partial charge on any atom is -0.371 e. The van der Waals surface area contributed by atoms with Crippen molar-refractivity contribution in [3.05, 3.63) is 70.9 Å². The zero-order valence-corrected chi connectivity index (χ0v) is 20.4. The number of H-pyrrole nitrogens is 1. The first-order chi connectivity index (χ1) is 16.3. The molecule has 1 aliphatic rings. The minimum atomic E-state index is -3.55. The maximum Gasteiger partial charge on any atom is 0.268 e. The number of halogens is 1. The Morgan fingerprint density at radius 1 is 1.15 bits per heavy atom. The van der Waals surface area contributed by atoms with E-state index >= 15 is 0 Å². The molecule has 2 heterocycles. The highest BCUT2D eigenvalue weighted by Gasteiger charge is 2.41. The fraction of sp³-hybridized carbons (Fsp3) is 0.360. The predicted octanol–water partition coefficient (Wildman–Crippen LogP) is 3.71. The number of Topliss-reactive ketones (excluding diaryl/α,β-unsaturated/α-hetero) is 1. The maximum absolute atomic E-state index is 13.4. The molecule has 0 aliphatic carbocycles. The van der Waals surface area contributed by atoms with Crippen LogP contribution in [0.4, 0.5) is 0 Å². The normalized spacial score (nSPS) is 19.4. The largest absolute Gasteiger partial charge is 0.371 e.